The molecular weight excluding hydrogens is 338 g/mol. The SMILES string of the molecule is C=C(O)CCCCCCCCCCCCCCC1(CC)OCC(C)(C)N1O. The van der Waals surface area contributed by atoms with Gasteiger partial charge in [0.15, 0.2) is 0 Å². The summed E-state index contributed by atoms with van der Waals surface area (Å²) in [6.45, 7) is 10.3. The van der Waals surface area contributed by atoms with Gasteiger partial charge in [0.05, 0.1) is 17.9 Å². The van der Waals surface area contributed by atoms with Crippen LogP contribution in [0.2, 0.25) is 0 Å². The molecule has 1 aliphatic heterocycles. The van der Waals surface area contributed by atoms with E-state index in [0.717, 1.165) is 32.1 Å². The van der Waals surface area contributed by atoms with Crippen LogP contribution in [0.15, 0.2) is 12.3 Å². The first-order valence-corrected chi connectivity index (χ1v) is 11.3. The number of hydrogen-bond donors (Lipinski definition) is 2. The summed E-state index contributed by atoms with van der Waals surface area (Å²) >= 11 is 0. The number of ether oxygens (including phenoxy) is 1. The second-order valence-electron chi connectivity index (χ2n) is 9.02. The van der Waals surface area contributed by atoms with Gasteiger partial charge in [0.1, 0.15) is 5.72 Å². The van der Waals surface area contributed by atoms with Crippen molar-refractivity contribution in [2.75, 3.05) is 6.61 Å². The van der Waals surface area contributed by atoms with Gasteiger partial charge in [0, 0.05) is 6.42 Å². The summed E-state index contributed by atoms with van der Waals surface area (Å²) in [6, 6.07) is 0. The van der Waals surface area contributed by atoms with Crippen LogP contribution >= 0.6 is 0 Å². The highest BCUT2D eigenvalue weighted by Crippen LogP contribution is 2.39. The third kappa shape index (κ3) is 8.97. The minimum Gasteiger partial charge on any atom is -0.513 e. The molecule has 0 aromatic carbocycles. The van der Waals surface area contributed by atoms with Crippen molar-refractivity contribution in [1.29, 1.82) is 0 Å². The summed E-state index contributed by atoms with van der Waals surface area (Å²) in [5.41, 5.74) is -0.739. The van der Waals surface area contributed by atoms with Gasteiger partial charge in [-0.15, -0.1) is 0 Å². The van der Waals surface area contributed by atoms with E-state index in [0.29, 0.717) is 12.4 Å². The third-order valence-corrected chi connectivity index (χ3v) is 5.99. The van der Waals surface area contributed by atoms with Gasteiger partial charge in [-0.25, -0.2) is 0 Å². The average molecular weight is 384 g/mol. The van der Waals surface area contributed by atoms with E-state index in [4.69, 9.17) is 9.84 Å². The van der Waals surface area contributed by atoms with Crippen LogP contribution in [0, 0.1) is 0 Å². The van der Waals surface area contributed by atoms with Crippen molar-refractivity contribution in [3.63, 3.8) is 0 Å². The predicted octanol–water partition coefficient (Wildman–Crippen LogP) is 7.13. The maximum atomic E-state index is 10.5. The Kier molecular flexibility index (Phi) is 11.6. The first kappa shape index (κ1) is 24.5. The molecule has 0 aromatic heterocycles. The quantitative estimate of drug-likeness (QED) is 0.220. The van der Waals surface area contributed by atoms with Crippen LogP contribution in [0.25, 0.3) is 0 Å². The topological polar surface area (TPSA) is 52.9 Å². The van der Waals surface area contributed by atoms with E-state index >= 15 is 0 Å². The van der Waals surface area contributed by atoms with Crippen LogP contribution in [0.5, 0.6) is 0 Å². The van der Waals surface area contributed by atoms with Crippen LogP contribution in [-0.2, 0) is 4.74 Å². The first-order chi connectivity index (χ1) is 12.8. The molecule has 27 heavy (non-hydrogen) atoms. The van der Waals surface area contributed by atoms with Crippen LogP contribution < -0.4 is 0 Å². The maximum Gasteiger partial charge on any atom is 0.144 e. The molecule has 0 aromatic rings. The highest BCUT2D eigenvalue weighted by molar-refractivity contribution is 4.92. The Bertz CT molecular complexity index is 410. The zero-order chi connectivity index (χ0) is 20.2. The van der Waals surface area contributed by atoms with E-state index < -0.39 is 5.72 Å². The van der Waals surface area contributed by atoms with Crippen LogP contribution in [0.4, 0.5) is 0 Å². The van der Waals surface area contributed by atoms with E-state index in [-0.39, 0.29) is 5.54 Å². The Hall–Kier alpha value is -0.580. The molecule has 0 spiro atoms. The lowest BCUT2D eigenvalue weighted by Gasteiger charge is -2.36. The Balaban J connectivity index is 1.93. The van der Waals surface area contributed by atoms with Crippen LogP contribution in [0.1, 0.15) is 117 Å². The highest BCUT2D eigenvalue weighted by atomic mass is 16.6. The fraction of sp³-hybridized carbons (Fsp3) is 0.913. The molecule has 0 amide bonds. The Morgan fingerprint density at radius 3 is 1.70 bits per heavy atom. The number of aliphatic hydroxyl groups is 1. The van der Waals surface area contributed by atoms with Gasteiger partial charge in [-0.2, -0.15) is 5.06 Å². The molecule has 1 heterocycles. The fourth-order valence-electron chi connectivity index (χ4n) is 4.09. The molecule has 0 aliphatic carbocycles. The van der Waals surface area contributed by atoms with E-state index in [9.17, 15) is 5.21 Å². The van der Waals surface area contributed by atoms with E-state index in [1.807, 2.05) is 13.8 Å². The maximum absolute atomic E-state index is 10.5. The molecule has 2 N–H and O–H groups in total. The molecule has 160 valence electrons. The normalized spacial score (nSPS) is 22.4. The van der Waals surface area contributed by atoms with Gasteiger partial charge in [0.25, 0.3) is 0 Å². The third-order valence-electron chi connectivity index (χ3n) is 5.99. The minimum atomic E-state index is -0.464. The number of hydroxylamine groups is 2. The molecule has 0 bridgehead atoms. The molecule has 4 nitrogen and oxygen atoms in total. The number of hydrogen-bond acceptors (Lipinski definition) is 4. The van der Waals surface area contributed by atoms with Gasteiger partial charge in [-0.3, -0.25) is 0 Å². The summed E-state index contributed by atoms with van der Waals surface area (Å²) in [7, 11) is 0. The van der Waals surface area contributed by atoms with Gasteiger partial charge in [-0.05, 0) is 39.5 Å². The molecule has 0 radical (unpaired) electrons. The van der Waals surface area contributed by atoms with Crippen molar-refractivity contribution < 1.29 is 15.1 Å². The van der Waals surface area contributed by atoms with Crippen LogP contribution in [-0.4, -0.2) is 33.2 Å². The molecular formula is C23H45NO3. The molecule has 1 fully saturated rings. The summed E-state index contributed by atoms with van der Waals surface area (Å²) in [5.74, 6) is 0.327. The Labute approximate surface area is 167 Å². The average Bonchev–Trinajstić information content (AvgIpc) is 2.86. The number of nitrogens with zero attached hydrogens (tertiary/aromatic N) is 1. The smallest absolute Gasteiger partial charge is 0.144 e. The lowest BCUT2D eigenvalue weighted by Crippen LogP contribution is -2.49. The number of unbranched alkanes of at least 4 members (excludes halogenated alkanes) is 11. The van der Waals surface area contributed by atoms with E-state index in [1.165, 1.54) is 69.3 Å². The summed E-state index contributed by atoms with van der Waals surface area (Å²) in [5, 5.41) is 21.0. The molecule has 1 atom stereocenters. The lowest BCUT2D eigenvalue weighted by atomic mass is 9.98. The fourth-order valence-corrected chi connectivity index (χ4v) is 4.09. The van der Waals surface area contributed by atoms with E-state index in [2.05, 4.69) is 13.5 Å². The molecule has 4 heteroatoms. The second kappa shape index (κ2) is 12.8. The zero-order valence-electron chi connectivity index (χ0n) is 18.3. The monoisotopic (exact) mass is 383 g/mol. The van der Waals surface area contributed by atoms with Crippen molar-refractivity contribution >= 4 is 0 Å². The van der Waals surface area contributed by atoms with Gasteiger partial charge in [-0.1, -0.05) is 77.7 Å². The van der Waals surface area contributed by atoms with Gasteiger partial charge >= 0.3 is 0 Å². The summed E-state index contributed by atoms with van der Waals surface area (Å²) in [4.78, 5) is 0. The molecule has 1 unspecified atom stereocenters. The predicted molar refractivity (Wildman–Crippen MR) is 113 cm³/mol. The molecule has 0 saturated carbocycles. The van der Waals surface area contributed by atoms with Gasteiger partial charge in [0.2, 0.25) is 0 Å². The summed E-state index contributed by atoms with van der Waals surface area (Å²) < 4.78 is 6.00. The van der Waals surface area contributed by atoms with Crippen molar-refractivity contribution in [3.8, 4) is 0 Å². The lowest BCUT2D eigenvalue weighted by molar-refractivity contribution is -0.254. The zero-order valence-corrected chi connectivity index (χ0v) is 18.3. The molecule has 1 aliphatic rings. The van der Waals surface area contributed by atoms with Crippen molar-refractivity contribution in [2.45, 2.75) is 128 Å². The van der Waals surface area contributed by atoms with Gasteiger partial charge < -0.3 is 15.1 Å². The Morgan fingerprint density at radius 1 is 0.889 bits per heavy atom. The second-order valence-corrected chi connectivity index (χ2v) is 9.02. The summed E-state index contributed by atoms with van der Waals surface area (Å²) in [6.07, 6.45) is 17.8. The van der Waals surface area contributed by atoms with Crippen molar-refractivity contribution in [2.24, 2.45) is 0 Å². The highest BCUT2D eigenvalue weighted by Gasteiger charge is 2.49. The number of rotatable bonds is 16. The molecule has 1 rings (SSSR count). The van der Waals surface area contributed by atoms with Crippen LogP contribution in [0.3, 0.4) is 0 Å². The minimum absolute atomic E-state index is 0.274. The first-order valence-electron chi connectivity index (χ1n) is 11.3. The number of aliphatic hydroxyl groups excluding tert-OH is 1. The van der Waals surface area contributed by atoms with Crippen molar-refractivity contribution in [3.05, 3.63) is 12.3 Å². The largest absolute Gasteiger partial charge is 0.513 e. The number of allylic oxidation sites excluding steroid dienone is 1. The van der Waals surface area contributed by atoms with E-state index in [1.54, 1.807) is 0 Å². The molecule has 1 saturated heterocycles. The van der Waals surface area contributed by atoms with Crippen molar-refractivity contribution in [1.82, 2.24) is 5.06 Å². The Morgan fingerprint density at radius 2 is 1.33 bits per heavy atom. The standard InChI is InChI=1S/C23H45NO3/c1-5-23(24(26)22(3,4)20-27-23)19-17-15-13-11-9-7-6-8-10-12-14-16-18-21(2)25/h25-26H,2,5-20H2,1,3-4H3.